The van der Waals surface area contributed by atoms with E-state index in [0.29, 0.717) is 29.8 Å². The van der Waals surface area contributed by atoms with Crippen molar-refractivity contribution in [3.8, 4) is 6.07 Å². The quantitative estimate of drug-likeness (QED) is 0.718. The molecule has 1 saturated heterocycles. The van der Waals surface area contributed by atoms with Crippen LogP contribution in [0.5, 0.6) is 0 Å². The number of aryl methyl sites for hydroxylation is 1. The lowest BCUT2D eigenvalue weighted by molar-refractivity contribution is 0.0967. The maximum Gasteiger partial charge on any atom is 0.267 e. The first-order chi connectivity index (χ1) is 12.1. The van der Waals surface area contributed by atoms with Crippen LogP contribution in [0.25, 0.3) is 16.7 Å². The van der Waals surface area contributed by atoms with Crippen LogP contribution in [0.3, 0.4) is 0 Å². The van der Waals surface area contributed by atoms with Crippen molar-refractivity contribution in [2.45, 2.75) is 32.4 Å². The predicted molar refractivity (Wildman–Crippen MR) is 91.2 cm³/mol. The Kier molecular flexibility index (Phi) is 3.62. The van der Waals surface area contributed by atoms with E-state index in [1.54, 1.807) is 16.8 Å². The van der Waals surface area contributed by atoms with Gasteiger partial charge in [-0.05, 0) is 37.5 Å². The highest BCUT2D eigenvalue weighted by Crippen LogP contribution is 2.17. The van der Waals surface area contributed by atoms with E-state index >= 15 is 0 Å². The minimum atomic E-state index is -0.235. The summed E-state index contributed by atoms with van der Waals surface area (Å²) < 4.78 is 8.80. The van der Waals surface area contributed by atoms with Gasteiger partial charge in [0.05, 0.1) is 23.6 Å². The van der Waals surface area contributed by atoms with Crippen LogP contribution in [0.2, 0.25) is 0 Å². The number of fused-ring (bicyclic) bond motifs is 2. The molecule has 3 aromatic rings. The molecule has 1 N–H and O–H groups in total. The van der Waals surface area contributed by atoms with Crippen LogP contribution >= 0.6 is 0 Å². The Morgan fingerprint density at radius 3 is 3.04 bits per heavy atom. The molecule has 3 aromatic heterocycles. The topological polar surface area (TPSA) is 96.2 Å². The molecule has 0 amide bonds. The van der Waals surface area contributed by atoms with E-state index in [4.69, 9.17) is 10.1 Å². The van der Waals surface area contributed by atoms with Gasteiger partial charge in [0, 0.05) is 12.8 Å². The average Bonchev–Trinajstić information content (AvgIpc) is 3.12. The molecule has 0 radical (unpaired) electrons. The van der Waals surface area contributed by atoms with Crippen molar-refractivity contribution in [2.24, 2.45) is 0 Å². The van der Waals surface area contributed by atoms with E-state index in [-0.39, 0.29) is 22.7 Å². The standard InChI is InChI=1S/C18H17N5O2/c1-11-4-2-6-22-16(11)21-17-14(18(22)24)8-12(9-19)15(20)23(17)10-13-5-3-7-25-13/h2,4,6,8,13,20H,3,5,7,10H2,1H3/t13-/m1/s1. The number of nitrogens with zero attached hydrogens (tertiary/aromatic N) is 4. The van der Waals surface area contributed by atoms with Gasteiger partial charge in [-0.15, -0.1) is 0 Å². The Bertz CT molecular complexity index is 1150. The van der Waals surface area contributed by atoms with Crippen molar-refractivity contribution in [1.29, 1.82) is 10.7 Å². The molecule has 0 aliphatic carbocycles. The monoisotopic (exact) mass is 335 g/mol. The number of aromatic nitrogens is 3. The number of nitrogens with one attached hydrogen (secondary N) is 1. The van der Waals surface area contributed by atoms with Crippen LogP contribution in [-0.4, -0.2) is 26.7 Å². The normalized spacial score (nSPS) is 17.2. The van der Waals surface area contributed by atoms with Crippen LogP contribution in [0.4, 0.5) is 0 Å². The summed E-state index contributed by atoms with van der Waals surface area (Å²) in [6.45, 7) is 3.01. The summed E-state index contributed by atoms with van der Waals surface area (Å²) in [5, 5.41) is 18.1. The Morgan fingerprint density at radius 2 is 2.32 bits per heavy atom. The highest BCUT2D eigenvalue weighted by molar-refractivity contribution is 5.78. The van der Waals surface area contributed by atoms with Crippen molar-refractivity contribution in [2.75, 3.05) is 6.61 Å². The van der Waals surface area contributed by atoms with Gasteiger partial charge in [-0.1, -0.05) is 6.07 Å². The van der Waals surface area contributed by atoms with Gasteiger partial charge in [0.25, 0.3) is 5.56 Å². The van der Waals surface area contributed by atoms with Crippen LogP contribution < -0.4 is 11.0 Å². The van der Waals surface area contributed by atoms with Gasteiger partial charge < -0.3 is 9.30 Å². The molecule has 0 saturated carbocycles. The lowest BCUT2D eigenvalue weighted by Crippen LogP contribution is -2.31. The highest BCUT2D eigenvalue weighted by Gasteiger charge is 2.20. The smallest absolute Gasteiger partial charge is 0.267 e. The van der Waals surface area contributed by atoms with E-state index in [1.807, 2.05) is 19.1 Å². The molecule has 7 nitrogen and oxygen atoms in total. The van der Waals surface area contributed by atoms with Crippen molar-refractivity contribution in [3.63, 3.8) is 0 Å². The molecule has 0 aromatic carbocycles. The first-order valence-electron chi connectivity index (χ1n) is 8.22. The zero-order chi connectivity index (χ0) is 17.6. The second kappa shape index (κ2) is 5.83. The SMILES string of the molecule is Cc1cccn2c(=O)c3cc(C#N)c(=N)n(C[C@H]4CCCO4)c3nc12. The molecule has 0 spiro atoms. The van der Waals surface area contributed by atoms with Gasteiger partial charge >= 0.3 is 0 Å². The van der Waals surface area contributed by atoms with Gasteiger partial charge in [-0.25, -0.2) is 4.98 Å². The second-order valence-electron chi connectivity index (χ2n) is 6.30. The number of rotatable bonds is 2. The zero-order valence-electron chi connectivity index (χ0n) is 13.8. The minimum Gasteiger partial charge on any atom is -0.376 e. The number of ether oxygens (including phenoxy) is 1. The lowest BCUT2D eigenvalue weighted by Gasteiger charge is -2.16. The van der Waals surface area contributed by atoms with E-state index in [2.05, 4.69) is 4.98 Å². The molecule has 1 aliphatic heterocycles. The first-order valence-corrected chi connectivity index (χ1v) is 8.22. The Labute approximate surface area is 143 Å². The van der Waals surface area contributed by atoms with E-state index in [1.165, 1.54) is 10.5 Å². The van der Waals surface area contributed by atoms with Crippen LogP contribution in [-0.2, 0) is 11.3 Å². The summed E-state index contributed by atoms with van der Waals surface area (Å²) >= 11 is 0. The molecule has 4 rings (SSSR count). The molecular weight excluding hydrogens is 318 g/mol. The molecule has 25 heavy (non-hydrogen) atoms. The van der Waals surface area contributed by atoms with Crippen LogP contribution in [0.1, 0.15) is 24.0 Å². The number of pyridine rings is 2. The van der Waals surface area contributed by atoms with Gasteiger partial charge in [-0.3, -0.25) is 14.6 Å². The van der Waals surface area contributed by atoms with E-state index in [0.717, 1.165) is 18.4 Å². The third kappa shape index (κ3) is 2.42. The molecule has 1 atom stereocenters. The zero-order valence-corrected chi connectivity index (χ0v) is 13.8. The number of nitriles is 1. The average molecular weight is 335 g/mol. The van der Waals surface area contributed by atoms with E-state index in [9.17, 15) is 10.1 Å². The molecule has 4 heterocycles. The second-order valence-corrected chi connectivity index (χ2v) is 6.30. The molecular formula is C18H17N5O2. The lowest BCUT2D eigenvalue weighted by atomic mass is 10.2. The fourth-order valence-electron chi connectivity index (χ4n) is 3.35. The molecule has 1 aliphatic rings. The molecule has 0 bridgehead atoms. The fraction of sp³-hybridized carbons (Fsp3) is 0.333. The number of hydrogen-bond acceptors (Lipinski definition) is 5. The summed E-state index contributed by atoms with van der Waals surface area (Å²) in [4.78, 5) is 17.6. The Hall–Kier alpha value is -2.98. The third-order valence-corrected chi connectivity index (χ3v) is 4.66. The maximum absolute atomic E-state index is 12.9. The van der Waals surface area contributed by atoms with Crippen molar-refractivity contribution >= 4 is 16.7 Å². The molecule has 7 heteroatoms. The molecule has 1 fully saturated rings. The fourth-order valence-corrected chi connectivity index (χ4v) is 3.35. The van der Waals surface area contributed by atoms with E-state index < -0.39 is 0 Å². The summed E-state index contributed by atoms with van der Waals surface area (Å²) in [7, 11) is 0. The third-order valence-electron chi connectivity index (χ3n) is 4.66. The van der Waals surface area contributed by atoms with Gasteiger partial charge in [0.2, 0.25) is 0 Å². The Morgan fingerprint density at radius 1 is 1.48 bits per heavy atom. The molecule has 126 valence electrons. The number of hydrogen-bond donors (Lipinski definition) is 1. The summed E-state index contributed by atoms with van der Waals surface area (Å²) in [5.74, 6) is 0. The van der Waals surface area contributed by atoms with Crippen molar-refractivity contribution in [3.05, 3.63) is 51.4 Å². The predicted octanol–water partition coefficient (Wildman–Crippen LogP) is 1.49. The summed E-state index contributed by atoms with van der Waals surface area (Å²) in [6, 6.07) is 7.17. The van der Waals surface area contributed by atoms with Crippen molar-refractivity contribution in [1.82, 2.24) is 14.0 Å². The Balaban J connectivity index is 2.10. The minimum absolute atomic E-state index is 0.0247. The first kappa shape index (κ1) is 15.5. The maximum atomic E-state index is 12.9. The molecule has 0 unspecified atom stereocenters. The van der Waals surface area contributed by atoms with Crippen LogP contribution in [0.15, 0.2) is 29.2 Å². The van der Waals surface area contributed by atoms with Gasteiger partial charge in [0.15, 0.2) is 0 Å². The largest absolute Gasteiger partial charge is 0.376 e. The van der Waals surface area contributed by atoms with Crippen molar-refractivity contribution < 1.29 is 4.74 Å². The van der Waals surface area contributed by atoms with Crippen LogP contribution in [0, 0.1) is 23.7 Å². The van der Waals surface area contributed by atoms with Gasteiger partial charge in [-0.2, -0.15) is 5.26 Å². The summed E-state index contributed by atoms with van der Waals surface area (Å²) in [5.41, 5.74) is 1.86. The summed E-state index contributed by atoms with van der Waals surface area (Å²) in [6.07, 6.45) is 3.52. The van der Waals surface area contributed by atoms with Gasteiger partial charge in [0.1, 0.15) is 22.9 Å². The highest BCUT2D eigenvalue weighted by atomic mass is 16.5.